The minimum absolute atomic E-state index is 0.0452. The molecule has 0 radical (unpaired) electrons. The smallest absolute Gasteiger partial charge is 0.407 e. The summed E-state index contributed by atoms with van der Waals surface area (Å²) in [5, 5.41) is 9.64. The van der Waals surface area contributed by atoms with E-state index in [1.807, 2.05) is 0 Å². The third-order valence-corrected chi connectivity index (χ3v) is 5.72. The Morgan fingerprint density at radius 1 is 1.24 bits per heavy atom. The molecule has 11 heteroatoms. The van der Waals surface area contributed by atoms with E-state index in [0.29, 0.717) is 12.8 Å². The minimum Gasteiger partial charge on any atom is -0.444 e. The fraction of sp³-hybridized carbons (Fsp3) is 0.545. The number of nitrogens with zero attached hydrogens (tertiary/aromatic N) is 3. The molecule has 4 rings (SSSR count). The van der Waals surface area contributed by atoms with Crippen molar-refractivity contribution < 1.29 is 31.9 Å². The summed E-state index contributed by atoms with van der Waals surface area (Å²) in [5.41, 5.74) is -0.290. The number of alkyl carbamates (subject to hydrolysis) is 1. The lowest BCUT2D eigenvalue weighted by atomic mass is 9.89. The maximum Gasteiger partial charge on any atom is 0.407 e. The average Bonchev–Trinajstić information content (AvgIpc) is 3.33. The van der Waals surface area contributed by atoms with Crippen LogP contribution in [-0.2, 0) is 11.3 Å². The van der Waals surface area contributed by atoms with Crippen LogP contribution < -0.4 is 5.32 Å². The summed E-state index contributed by atoms with van der Waals surface area (Å²) in [4.78, 5) is 27.1. The monoisotopic (exact) mass is 466 g/mol. The van der Waals surface area contributed by atoms with Crippen molar-refractivity contribution in [2.24, 2.45) is 0 Å². The van der Waals surface area contributed by atoms with Crippen molar-refractivity contribution in [3.05, 3.63) is 35.0 Å². The number of ether oxygens (including phenoxy) is 1. The number of hydrogen-bond acceptors (Lipinski definition) is 6. The number of amides is 2. The highest BCUT2D eigenvalue weighted by Gasteiger charge is 2.40. The van der Waals surface area contributed by atoms with Gasteiger partial charge >= 0.3 is 12.5 Å². The van der Waals surface area contributed by atoms with Gasteiger partial charge in [-0.05, 0) is 45.7 Å². The van der Waals surface area contributed by atoms with Crippen molar-refractivity contribution in [1.29, 1.82) is 0 Å². The molecule has 8 nitrogen and oxygen atoms in total. The van der Waals surface area contributed by atoms with Gasteiger partial charge in [-0.2, -0.15) is 8.78 Å². The predicted octanol–water partition coefficient (Wildman–Crippen LogP) is 4.61. The first-order valence-electron chi connectivity index (χ1n) is 10.8. The summed E-state index contributed by atoms with van der Waals surface area (Å²) >= 11 is 0. The number of hydrogen-bond donors (Lipinski definition) is 1. The topological polar surface area (TPSA) is 97.6 Å². The Labute approximate surface area is 188 Å². The van der Waals surface area contributed by atoms with Gasteiger partial charge in [-0.25, -0.2) is 9.18 Å². The zero-order chi connectivity index (χ0) is 23.9. The van der Waals surface area contributed by atoms with Gasteiger partial charge in [0.25, 0.3) is 11.8 Å². The van der Waals surface area contributed by atoms with E-state index < -0.39 is 35.7 Å². The van der Waals surface area contributed by atoms with Crippen molar-refractivity contribution in [2.45, 2.75) is 77.1 Å². The van der Waals surface area contributed by atoms with E-state index in [-0.39, 0.29) is 41.2 Å². The van der Waals surface area contributed by atoms with Crippen molar-refractivity contribution in [1.82, 2.24) is 20.4 Å². The van der Waals surface area contributed by atoms with Gasteiger partial charge in [0.05, 0.1) is 18.6 Å². The van der Waals surface area contributed by atoms with E-state index in [1.54, 1.807) is 25.7 Å². The lowest BCUT2D eigenvalue weighted by Crippen LogP contribution is -2.54. The molecule has 2 aromatic rings. The number of nitrogens with one attached hydrogen (secondary N) is 1. The summed E-state index contributed by atoms with van der Waals surface area (Å²) in [6, 6.07) is 1.81. The van der Waals surface area contributed by atoms with Crippen LogP contribution in [0.25, 0.3) is 11.5 Å². The largest absolute Gasteiger partial charge is 0.444 e. The zero-order valence-electron chi connectivity index (χ0n) is 18.5. The second-order valence-electron chi connectivity index (χ2n) is 9.27. The lowest BCUT2D eigenvalue weighted by molar-refractivity contribution is 0.0393. The van der Waals surface area contributed by atoms with Crippen LogP contribution in [0.2, 0.25) is 0 Å². The summed E-state index contributed by atoms with van der Waals surface area (Å²) in [7, 11) is 0. The SMILES string of the molecule is CC(C)(C)OC(=O)N[C@@H]1CCCC[C@H]1N1Cc2c(F)cc(-c3nnc(C(F)F)o3)cc2C1=O. The van der Waals surface area contributed by atoms with E-state index in [1.165, 1.54) is 6.07 Å². The highest BCUT2D eigenvalue weighted by molar-refractivity contribution is 5.99. The molecule has 2 atom stereocenters. The molecular weight excluding hydrogens is 441 g/mol. The molecular formula is C22H25F3N4O4. The van der Waals surface area contributed by atoms with Gasteiger partial charge in [0.15, 0.2) is 0 Å². The molecule has 2 amide bonds. The Bertz CT molecular complexity index is 1070. The molecule has 33 heavy (non-hydrogen) atoms. The first kappa shape index (κ1) is 23.1. The van der Waals surface area contributed by atoms with Crippen LogP contribution in [0.1, 0.15) is 74.7 Å². The minimum atomic E-state index is -2.96. The molecule has 2 aliphatic rings. The normalized spacial score (nSPS) is 20.8. The van der Waals surface area contributed by atoms with E-state index >= 15 is 0 Å². The van der Waals surface area contributed by atoms with Crippen LogP contribution in [0, 0.1) is 5.82 Å². The molecule has 1 aliphatic carbocycles. The molecule has 178 valence electrons. The average molecular weight is 466 g/mol. The lowest BCUT2D eigenvalue weighted by Gasteiger charge is -2.38. The van der Waals surface area contributed by atoms with Crippen LogP contribution in [0.5, 0.6) is 0 Å². The number of carbonyl (C=O) groups is 2. The van der Waals surface area contributed by atoms with Crippen molar-refractivity contribution in [2.75, 3.05) is 0 Å². The molecule has 1 saturated carbocycles. The number of carbonyl (C=O) groups excluding carboxylic acids is 2. The molecule has 1 N–H and O–H groups in total. The molecule has 1 aliphatic heterocycles. The molecule has 0 unspecified atom stereocenters. The van der Waals surface area contributed by atoms with Crippen molar-refractivity contribution in [3.63, 3.8) is 0 Å². The van der Waals surface area contributed by atoms with Crippen molar-refractivity contribution in [3.8, 4) is 11.5 Å². The number of fused-ring (bicyclic) bond motifs is 1. The quantitative estimate of drug-likeness (QED) is 0.707. The molecule has 0 bridgehead atoms. The first-order valence-corrected chi connectivity index (χ1v) is 10.8. The number of alkyl halides is 2. The standard InChI is InChI=1S/C22H25F3N4O4/c1-22(2,3)33-21(31)26-15-6-4-5-7-16(15)29-10-13-12(20(29)30)8-11(9-14(13)23)18-27-28-19(32-18)17(24)25/h8-9,15-17H,4-7,10H2,1-3H3,(H,26,31)/t15-,16-/m1/s1. The van der Waals surface area contributed by atoms with Gasteiger partial charge in [-0.15, -0.1) is 10.2 Å². The Kier molecular flexibility index (Phi) is 6.06. The zero-order valence-corrected chi connectivity index (χ0v) is 18.5. The number of rotatable bonds is 4. The summed E-state index contributed by atoms with van der Waals surface area (Å²) < 4.78 is 50.7. The van der Waals surface area contributed by atoms with Crippen LogP contribution >= 0.6 is 0 Å². The highest BCUT2D eigenvalue weighted by Crippen LogP contribution is 2.35. The van der Waals surface area contributed by atoms with Gasteiger partial charge in [-0.3, -0.25) is 4.79 Å². The maximum absolute atomic E-state index is 14.9. The van der Waals surface area contributed by atoms with Crippen molar-refractivity contribution >= 4 is 12.0 Å². The maximum atomic E-state index is 14.9. The van der Waals surface area contributed by atoms with Crippen LogP contribution in [0.4, 0.5) is 18.0 Å². The number of benzene rings is 1. The van der Waals surface area contributed by atoms with Crippen LogP contribution in [0.3, 0.4) is 0 Å². The first-order chi connectivity index (χ1) is 15.5. The van der Waals surface area contributed by atoms with E-state index in [2.05, 4.69) is 15.5 Å². The Morgan fingerprint density at radius 2 is 1.97 bits per heavy atom. The van der Waals surface area contributed by atoms with Gasteiger partial charge in [0, 0.05) is 16.7 Å². The second-order valence-corrected chi connectivity index (χ2v) is 9.27. The molecule has 1 aromatic carbocycles. The highest BCUT2D eigenvalue weighted by atomic mass is 19.3. The molecule has 1 aromatic heterocycles. The fourth-order valence-corrected chi connectivity index (χ4v) is 4.33. The summed E-state index contributed by atoms with van der Waals surface area (Å²) in [6.07, 6.45) is -0.462. The fourth-order valence-electron chi connectivity index (χ4n) is 4.33. The third kappa shape index (κ3) is 4.81. The molecule has 1 fully saturated rings. The summed E-state index contributed by atoms with van der Waals surface area (Å²) in [6.45, 7) is 5.34. The number of aromatic nitrogens is 2. The summed E-state index contributed by atoms with van der Waals surface area (Å²) in [5.74, 6) is -2.23. The Hall–Kier alpha value is -3.11. The Balaban J connectivity index is 1.56. The number of halogens is 3. The van der Waals surface area contributed by atoms with Crippen LogP contribution in [-0.4, -0.2) is 44.8 Å². The van der Waals surface area contributed by atoms with Gasteiger partial charge in [-0.1, -0.05) is 12.8 Å². The van der Waals surface area contributed by atoms with E-state index in [0.717, 1.165) is 18.9 Å². The van der Waals surface area contributed by atoms with Gasteiger partial charge < -0.3 is 19.4 Å². The Morgan fingerprint density at radius 3 is 2.64 bits per heavy atom. The van der Waals surface area contributed by atoms with E-state index in [4.69, 9.17) is 9.15 Å². The van der Waals surface area contributed by atoms with Gasteiger partial charge in [0.1, 0.15) is 11.4 Å². The van der Waals surface area contributed by atoms with Gasteiger partial charge in [0.2, 0.25) is 5.89 Å². The van der Waals surface area contributed by atoms with E-state index in [9.17, 15) is 22.8 Å². The molecule has 2 heterocycles. The van der Waals surface area contributed by atoms with Crippen LogP contribution in [0.15, 0.2) is 16.5 Å². The second kappa shape index (κ2) is 8.68. The molecule has 0 saturated heterocycles. The molecule has 0 spiro atoms. The third-order valence-electron chi connectivity index (χ3n) is 5.72. The predicted molar refractivity (Wildman–Crippen MR) is 110 cm³/mol.